The van der Waals surface area contributed by atoms with Gasteiger partial charge in [0.25, 0.3) is 0 Å². The summed E-state index contributed by atoms with van der Waals surface area (Å²) < 4.78 is 5.56. The number of rotatable bonds is 3. The molecule has 1 aliphatic carbocycles. The summed E-state index contributed by atoms with van der Waals surface area (Å²) in [5.74, 6) is 0.808. The lowest BCUT2D eigenvalue weighted by molar-refractivity contribution is -0.0848. The molecule has 1 aliphatic rings. The Morgan fingerprint density at radius 3 is 2.56 bits per heavy atom. The van der Waals surface area contributed by atoms with Crippen molar-refractivity contribution in [2.75, 3.05) is 7.11 Å². The first kappa shape index (κ1) is 11.5. The normalized spacial score (nSPS) is 20.2. The first-order valence-corrected chi connectivity index (χ1v) is 5.74. The molecule has 1 aromatic rings. The van der Waals surface area contributed by atoms with Crippen molar-refractivity contribution in [3.63, 3.8) is 0 Å². The van der Waals surface area contributed by atoms with Crippen LogP contribution >= 0.6 is 0 Å². The van der Waals surface area contributed by atoms with E-state index in [1.807, 2.05) is 20.0 Å². The van der Waals surface area contributed by atoms with Crippen LogP contribution in [-0.2, 0) is 10.3 Å². The van der Waals surface area contributed by atoms with Crippen LogP contribution in [0.25, 0.3) is 0 Å². The molecule has 0 saturated heterocycles. The molecule has 2 rings (SSSR count). The second-order valence-corrected chi connectivity index (χ2v) is 4.58. The van der Waals surface area contributed by atoms with E-state index in [1.165, 1.54) is 6.42 Å². The van der Waals surface area contributed by atoms with Gasteiger partial charge in [0.15, 0.2) is 5.82 Å². The van der Waals surface area contributed by atoms with Crippen LogP contribution < -0.4 is 5.73 Å². The molecule has 1 aromatic heterocycles. The lowest BCUT2D eigenvalue weighted by Crippen LogP contribution is -2.38. The van der Waals surface area contributed by atoms with Gasteiger partial charge in [-0.1, -0.05) is 0 Å². The molecular weight excluding hydrogens is 202 g/mol. The smallest absolute Gasteiger partial charge is 0.160 e. The third-order valence-corrected chi connectivity index (χ3v) is 3.47. The van der Waals surface area contributed by atoms with Crippen LogP contribution in [0.4, 0.5) is 0 Å². The number of ether oxygens (including phenoxy) is 1. The van der Waals surface area contributed by atoms with E-state index in [0.29, 0.717) is 0 Å². The van der Waals surface area contributed by atoms with Crippen molar-refractivity contribution in [2.45, 2.75) is 44.8 Å². The molecule has 0 radical (unpaired) electrons. The predicted octanol–water partition coefficient (Wildman–Crippen LogP) is 1.83. The molecule has 2 N–H and O–H groups in total. The third-order valence-electron chi connectivity index (χ3n) is 3.47. The minimum absolute atomic E-state index is 0.0195. The summed E-state index contributed by atoms with van der Waals surface area (Å²) in [5.41, 5.74) is 7.58. The van der Waals surface area contributed by atoms with Crippen LogP contribution in [0.2, 0.25) is 0 Å². The average molecular weight is 221 g/mol. The summed E-state index contributed by atoms with van der Waals surface area (Å²) in [7, 11) is 1.73. The molecule has 0 bridgehead atoms. The van der Waals surface area contributed by atoms with Crippen molar-refractivity contribution < 1.29 is 4.74 Å². The van der Waals surface area contributed by atoms with E-state index in [0.717, 1.165) is 29.9 Å². The Morgan fingerprint density at radius 1 is 1.50 bits per heavy atom. The van der Waals surface area contributed by atoms with Crippen LogP contribution in [0.3, 0.4) is 0 Å². The number of aryl methyl sites for hydroxylation is 1. The molecule has 1 atom stereocenters. The fourth-order valence-electron chi connectivity index (χ4n) is 2.16. The molecule has 4 heteroatoms. The summed E-state index contributed by atoms with van der Waals surface area (Å²) in [6, 6.07) is -0.0195. The highest BCUT2D eigenvalue weighted by atomic mass is 16.5. The van der Waals surface area contributed by atoms with Gasteiger partial charge in [0, 0.05) is 30.6 Å². The second-order valence-electron chi connectivity index (χ2n) is 4.58. The van der Waals surface area contributed by atoms with Crippen LogP contribution in [0.15, 0.2) is 6.20 Å². The fourth-order valence-corrected chi connectivity index (χ4v) is 2.16. The van der Waals surface area contributed by atoms with Crippen molar-refractivity contribution in [2.24, 2.45) is 5.73 Å². The lowest BCUT2D eigenvalue weighted by Gasteiger charge is -2.39. The highest BCUT2D eigenvalue weighted by molar-refractivity contribution is 5.22. The molecule has 0 amide bonds. The number of aromatic nitrogens is 2. The van der Waals surface area contributed by atoms with Gasteiger partial charge in [-0.2, -0.15) is 0 Å². The number of hydrogen-bond donors (Lipinski definition) is 1. The summed E-state index contributed by atoms with van der Waals surface area (Å²) in [5, 5.41) is 0. The van der Waals surface area contributed by atoms with Gasteiger partial charge < -0.3 is 10.5 Å². The average Bonchev–Trinajstić information content (AvgIpc) is 2.16. The van der Waals surface area contributed by atoms with E-state index in [4.69, 9.17) is 10.5 Å². The Bertz CT molecular complexity index is 380. The van der Waals surface area contributed by atoms with Crippen molar-refractivity contribution in [1.82, 2.24) is 9.97 Å². The van der Waals surface area contributed by atoms with E-state index in [2.05, 4.69) is 9.97 Å². The predicted molar refractivity (Wildman–Crippen MR) is 61.9 cm³/mol. The molecule has 0 aromatic carbocycles. The summed E-state index contributed by atoms with van der Waals surface area (Å²) in [4.78, 5) is 8.95. The third kappa shape index (κ3) is 1.72. The van der Waals surface area contributed by atoms with Crippen LogP contribution in [0.5, 0.6) is 0 Å². The fraction of sp³-hybridized carbons (Fsp3) is 0.667. The molecule has 0 spiro atoms. The zero-order valence-electron chi connectivity index (χ0n) is 10.2. The van der Waals surface area contributed by atoms with E-state index in [9.17, 15) is 0 Å². The minimum atomic E-state index is -0.235. The summed E-state index contributed by atoms with van der Waals surface area (Å²) >= 11 is 0. The molecule has 88 valence electrons. The van der Waals surface area contributed by atoms with Gasteiger partial charge in [-0.05, 0) is 33.1 Å². The van der Waals surface area contributed by atoms with Crippen molar-refractivity contribution in [3.05, 3.63) is 23.3 Å². The van der Waals surface area contributed by atoms with Crippen LogP contribution in [0, 0.1) is 6.92 Å². The number of hydrogen-bond acceptors (Lipinski definition) is 4. The first-order chi connectivity index (χ1) is 7.59. The lowest BCUT2D eigenvalue weighted by atomic mass is 9.79. The van der Waals surface area contributed by atoms with E-state index >= 15 is 0 Å². The van der Waals surface area contributed by atoms with Crippen molar-refractivity contribution >= 4 is 0 Å². The Balaban J connectivity index is 2.34. The van der Waals surface area contributed by atoms with Crippen LogP contribution in [0.1, 0.15) is 49.3 Å². The van der Waals surface area contributed by atoms with Crippen LogP contribution in [-0.4, -0.2) is 17.1 Å². The van der Waals surface area contributed by atoms with Gasteiger partial charge in [0.1, 0.15) is 5.60 Å². The van der Waals surface area contributed by atoms with E-state index in [-0.39, 0.29) is 11.6 Å². The Morgan fingerprint density at radius 2 is 2.19 bits per heavy atom. The standard InChI is InChI=1S/C12H19N3O/c1-8(13)10-7-14-11(15-9(10)2)12(16-3)5-4-6-12/h7-8H,4-6,13H2,1-3H3. The highest BCUT2D eigenvalue weighted by Crippen LogP contribution is 2.42. The first-order valence-electron chi connectivity index (χ1n) is 5.74. The summed E-state index contributed by atoms with van der Waals surface area (Å²) in [6.07, 6.45) is 5.05. The quantitative estimate of drug-likeness (QED) is 0.846. The Hall–Kier alpha value is -1.00. The van der Waals surface area contributed by atoms with Crippen molar-refractivity contribution in [3.8, 4) is 0 Å². The molecule has 0 aliphatic heterocycles. The highest BCUT2D eigenvalue weighted by Gasteiger charge is 2.41. The molecular formula is C12H19N3O. The molecule has 1 heterocycles. The molecule has 4 nitrogen and oxygen atoms in total. The summed E-state index contributed by atoms with van der Waals surface area (Å²) in [6.45, 7) is 3.92. The maximum atomic E-state index is 5.84. The van der Waals surface area contributed by atoms with Crippen molar-refractivity contribution in [1.29, 1.82) is 0 Å². The van der Waals surface area contributed by atoms with E-state index in [1.54, 1.807) is 7.11 Å². The maximum absolute atomic E-state index is 5.84. The number of methoxy groups -OCH3 is 1. The Labute approximate surface area is 96.2 Å². The topological polar surface area (TPSA) is 61.0 Å². The molecule has 1 fully saturated rings. The zero-order valence-corrected chi connectivity index (χ0v) is 10.2. The largest absolute Gasteiger partial charge is 0.370 e. The number of nitrogens with zero attached hydrogens (tertiary/aromatic N) is 2. The SMILES string of the molecule is COC1(c2ncc(C(C)N)c(C)n2)CCC1. The van der Waals surface area contributed by atoms with Gasteiger partial charge >= 0.3 is 0 Å². The van der Waals surface area contributed by atoms with Gasteiger partial charge in [-0.25, -0.2) is 9.97 Å². The van der Waals surface area contributed by atoms with Gasteiger partial charge in [0.2, 0.25) is 0 Å². The molecule has 1 saturated carbocycles. The molecule has 16 heavy (non-hydrogen) atoms. The minimum Gasteiger partial charge on any atom is -0.370 e. The van der Waals surface area contributed by atoms with E-state index < -0.39 is 0 Å². The second kappa shape index (κ2) is 4.11. The monoisotopic (exact) mass is 221 g/mol. The Kier molecular flexibility index (Phi) is 2.95. The maximum Gasteiger partial charge on any atom is 0.160 e. The van der Waals surface area contributed by atoms with Gasteiger partial charge in [0.05, 0.1) is 0 Å². The van der Waals surface area contributed by atoms with Gasteiger partial charge in [-0.3, -0.25) is 0 Å². The molecule has 1 unspecified atom stereocenters. The number of nitrogens with two attached hydrogens (primary N) is 1. The zero-order chi connectivity index (χ0) is 11.8. The van der Waals surface area contributed by atoms with Gasteiger partial charge in [-0.15, -0.1) is 0 Å².